The maximum Gasteiger partial charge on any atom is 0.470 e. The van der Waals surface area contributed by atoms with Crippen LogP contribution in [-0.4, -0.2) is 51.3 Å². The minimum atomic E-state index is -4.61. The number of rotatable bonds is 4. The second kappa shape index (κ2) is 6.52. The first kappa shape index (κ1) is 16.9. The molecule has 1 aliphatic rings. The average molecular weight is 345 g/mol. The molecule has 0 aromatic carbocycles. The lowest BCUT2D eigenvalue weighted by atomic mass is 10.2. The topological polar surface area (TPSA) is 71.4 Å². The summed E-state index contributed by atoms with van der Waals surface area (Å²) < 4.78 is 47.4. The monoisotopic (exact) mass is 345 g/mol. The van der Waals surface area contributed by atoms with Gasteiger partial charge in [0.15, 0.2) is 0 Å². The van der Waals surface area contributed by atoms with Crippen molar-refractivity contribution in [2.75, 3.05) is 26.2 Å². The Kier molecular flexibility index (Phi) is 4.59. The molecule has 0 aliphatic carbocycles. The molecule has 2 aromatic heterocycles. The number of hydrogen-bond acceptors (Lipinski definition) is 7. The molecule has 1 unspecified atom stereocenters. The van der Waals surface area contributed by atoms with Gasteiger partial charge < -0.3 is 8.94 Å². The Bertz CT molecular complexity index is 676. The molecule has 1 saturated heterocycles. The van der Waals surface area contributed by atoms with Crippen molar-refractivity contribution < 1.29 is 22.1 Å². The molecule has 0 bridgehead atoms. The summed E-state index contributed by atoms with van der Waals surface area (Å²) in [4.78, 5) is 4.24. The first-order chi connectivity index (χ1) is 11.3. The quantitative estimate of drug-likeness (QED) is 0.842. The highest BCUT2D eigenvalue weighted by Gasteiger charge is 2.39. The molecule has 1 aliphatic heterocycles. The summed E-state index contributed by atoms with van der Waals surface area (Å²) in [5.41, 5.74) is 0.876. The van der Waals surface area contributed by atoms with Gasteiger partial charge in [-0.1, -0.05) is 5.16 Å². The fourth-order valence-electron chi connectivity index (χ4n) is 2.70. The van der Waals surface area contributed by atoms with Crippen molar-refractivity contribution >= 4 is 0 Å². The lowest BCUT2D eigenvalue weighted by Gasteiger charge is -2.36. The van der Waals surface area contributed by atoms with Crippen molar-refractivity contribution in [3.8, 4) is 0 Å². The largest absolute Gasteiger partial charge is 0.470 e. The predicted molar refractivity (Wildman–Crippen MR) is 75.8 cm³/mol. The van der Waals surface area contributed by atoms with Crippen LogP contribution in [0.15, 0.2) is 15.0 Å². The number of alkyl halides is 3. The predicted octanol–water partition coefficient (Wildman–Crippen LogP) is 2.26. The second-order valence-electron chi connectivity index (χ2n) is 5.86. The Balaban J connectivity index is 1.55. The maximum atomic E-state index is 12.5. The third-order valence-electron chi connectivity index (χ3n) is 4.06. The molecule has 2 aromatic rings. The van der Waals surface area contributed by atoms with Gasteiger partial charge in [-0.25, -0.2) is 0 Å². The molecule has 0 spiro atoms. The molecule has 3 rings (SSSR count). The molecule has 3 heterocycles. The van der Waals surface area contributed by atoms with Crippen molar-refractivity contribution in [3.63, 3.8) is 0 Å². The highest BCUT2D eigenvalue weighted by atomic mass is 19.4. The molecule has 7 nitrogen and oxygen atoms in total. The zero-order chi connectivity index (χ0) is 17.3. The van der Waals surface area contributed by atoms with Crippen LogP contribution in [0.4, 0.5) is 13.2 Å². The van der Waals surface area contributed by atoms with Gasteiger partial charge in [0.2, 0.25) is 5.89 Å². The van der Waals surface area contributed by atoms with E-state index >= 15 is 0 Å². The van der Waals surface area contributed by atoms with E-state index in [0.717, 1.165) is 24.5 Å². The number of nitrogens with zero attached hydrogens (tertiary/aromatic N) is 5. The van der Waals surface area contributed by atoms with Crippen molar-refractivity contribution in [1.82, 2.24) is 25.2 Å². The van der Waals surface area contributed by atoms with Crippen LogP contribution in [0.3, 0.4) is 0 Å². The van der Waals surface area contributed by atoms with Crippen LogP contribution in [-0.2, 0) is 12.7 Å². The second-order valence-corrected chi connectivity index (χ2v) is 5.86. The Morgan fingerprint density at radius 1 is 1.21 bits per heavy atom. The fraction of sp³-hybridized carbons (Fsp3) is 0.643. The van der Waals surface area contributed by atoms with Crippen LogP contribution in [0.5, 0.6) is 0 Å². The van der Waals surface area contributed by atoms with Crippen LogP contribution in [0.25, 0.3) is 0 Å². The molecular weight excluding hydrogens is 327 g/mol. The normalized spacial score (nSPS) is 18.9. The summed E-state index contributed by atoms with van der Waals surface area (Å²) in [7, 11) is 0. The SMILES string of the molecule is Cc1cc(CN2CCN(C(C)c3nnc(C(F)(F)F)o3)CC2)no1. The molecule has 1 fully saturated rings. The van der Waals surface area contributed by atoms with E-state index in [0.29, 0.717) is 19.6 Å². The summed E-state index contributed by atoms with van der Waals surface area (Å²) in [6, 6.07) is 1.54. The van der Waals surface area contributed by atoms with Crippen LogP contribution < -0.4 is 0 Å². The van der Waals surface area contributed by atoms with Crippen molar-refractivity contribution in [2.45, 2.75) is 32.6 Å². The summed E-state index contributed by atoms with van der Waals surface area (Å²) in [5.74, 6) is -0.540. The van der Waals surface area contributed by atoms with E-state index in [1.807, 2.05) is 17.9 Å². The number of piperazine rings is 1. The van der Waals surface area contributed by atoms with E-state index < -0.39 is 12.1 Å². The first-order valence-corrected chi connectivity index (χ1v) is 7.62. The van der Waals surface area contributed by atoms with Gasteiger partial charge in [0.25, 0.3) is 0 Å². The lowest BCUT2D eigenvalue weighted by molar-refractivity contribution is -0.157. The molecule has 0 saturated carbocycles. The van der Waals surface area contributed by atoms with Crippen LogP contribution in [0, 0.1) is 6.92 Å². The van der Waals surface area contributed by atoms with E-state index in [1.54, 1.807) is 6.92 Å². The van der Waals surface area contributed by atoms with Gasteiger partial charge in [0, 0.05) is 38.8 Å². The van der Waals surface area contributed by atoms with E-state index in [2.05, 4.69) is 20.3 Å². The van der Waals surface area contributed by atoms with E-state index in [1.165, 1.54) is 0 Å². The van der Waals surface area contributed by atoms with E-state index in [9.17, 15) is 13.2 Å². The summed E-state index contributed by atoms with van der Waals surface area (Å²) in [6.07, 6.45) is -4.61. The van der Waals surface area contributed by atoms with Gasteiger partial charge in [0.05, 0.1) is 11.7 Å². The number of halogens is 3. The highest BCUT2D eigenvalue weighted by molar-refractivity contribution is 5.03. The zero-order valence-electron chi connectivity index (χ0n) is 13.4. The zero-order valence-corrected chi connectivity index (χ0v) is 13.4. The molecular formula is C14H18F3N5O2. The van der Waals surface area contributed by atoms with E-state index in [-0.39, 0.29) is 11.9 Å². The van der Waals surface area contributed by atoms with Gasteiger partial charge in [-0.15, -0.1) is 10.2 Å². The first-order valence-electron chi connectivity index (χ1n) is 7.62. The molecule has 0 N–H and O–H groups in total. The van der Waals surface area contributed by atoms with Gasteiger partial charge in [-0.05, 0) is 13.8 Å². The maximum absolute atomic E-state index is 12.5. The Morgan fingerprint density at radius 3 is 2.46 bits per heavy atom. The van der Waals surface area contributed by atoms with Crippen LogP contribution >= 0.6 is 0 Å². The molecule has 1 atom stereocenters. The number of aryl methyl sites for hydroxylation is 1. The summed E-state index contributed by atoms with van der Waals surface area (Å²) >= 11 is 0. The van der Waals surface area contributed by atoms with Crippen LogP contribution in [0.1, 0.15) is 36.2 Å². The lowest BCUT2D eigenvalue weighted by Crippen LogP contribution is -2.46. The van der Waals surface area contributed by atoms with Crippen LogP contribution in [0.2, 0.25) is 0 Å². The molecule has 0 amide bonds. The molecule has 132 valence electrons. The van der Waals surface area contributed by atoms with Gasteiger partial charge in [0.1, 0.15) is 5.76 Å². The van der Waals surface area contributed by atoms with Crippen molar-refractivity contribution in [1.29, 1.82) is 0 Å². The van der Waals surface area contributed by atoms with E-state index in [4.69, 9.17) is 8.94 Å². The van der Waals surface area contributed by atoms with Crippen molar-refractivity contribution in [2.24, 2.45) is 0 Å². The van der Waals surface area contributed by atoms with Gasteiger partial charge in [-0.2, -0.15) is 13.2 Å². The Morgan fingerprint density at radius 2 is 1.92 bits per heavy atom. The Labute approximate surface area is 136 Å². The number of aromatic nitrogens is 3. The minimum Gasteiger partial charge on any atom is -0.416 e. The third-order valence-corrected chi connectivity index (χ3v) is 4.06. The highest BCUT2D eigenvalue weighted by Crippen LogP contribution is 2.30. The third kappa shape index (κ3) is 3.75. The molecule has 10 heteroatoms. The van der Waals surface area contributed by atoms with Gasteiger partial charge >= 0.3 is 12.1 Å². The van der Waals surface area contributed by atoms with Gasteiger partial charge in [-0.3, -0.25) is 9.80 Å². The standard InChI is InChI=1S/C14H18F3N5O2/c1-9-7-11(20-24-9)8-21-3-5-22(6-4-21)10(2)12-18-19-13(23-12)14(15,16)17/h7,10H,3-6,8H2,1-2H3. The molecule has 24 heavy (non-hydrogen) atoms. The minimum absolute atomic E-state index is 0.0112. The molecule has 0 radical (unpaired) electrons. The average Bonchev–Trinajstić information content (AvgIpc) is 3.16. The fourth-order valence-corrected chi connectivity index (χ4v) is 2.70. The smallest absolute Gasteiger partial charge is 0.416 e. The van der Waals surface area contributed by atoms with Crippen molar-refractivity contribution in [3.05, 3.63) is 29.3 Å². The summed E-state index contributed by atoms with van der Waals surface area (Å²) in [6.45, 7) is 7.24. The Hall–Kier alpha value is -1.94. The number of hydrogen-bond donors (Lipinski definition) is 0. The summed E-state index contributed by atoms with van der Waals surface area (Å²) in [5, 5.41) is 10.6.